The molecule has 0 atom stereocenters. The van der Waals surface area contributed by atoms with Crippen molar-refractivity contribution in [2.45, 2.75) is 19.5 Å². The number of alkyl halides is 3. The van der Waals surface area contributed by atoms with Gasteiger partial charge in [0.2, 0.25) is 0 Å². The topological polar surface area (TPSA) is 72.3 Å². The zero-order chi connectivity index (χ0) is 19.1. The summed E-state index contributed by atoms with van der Waals surface area (Å²) in [5, 5.41) is 3.99. The second-order valence-corrected chi connectivity index (χ2v) is 5.70. The van der Waals surface area contributed by atoms with Crippen LogP contribution in [-0.2, 0) is 6.42 Å². The molecule has 11 heteroatoms. The zero-order valence-electron chi connectivity index (χ0n) is 13.2. The van der Waals surface area contributed by atoms with E-state index in [4.69, 9.17) is 11.6 Å². The number of aromatic nitrogens is 4. The van der Waals surface area contributed by atoms with Gasteiger partial charge in [-0.3, -0.25) is 4.98 Å². The number of nitrogens with one attached hydrogen (secondary N) is 1. The third kappa shape index (κ3) is 3.50. The van der Waals surface area contributed by atoms with Crippen molar-refractivity contribution in [3.63, 3.8) is 0 Å². The molecule has 0 aliphatic carbocycles. The molecular weight excluding hydrogens is 380 g/mol. The fourth-order valence-electron chi connectivity index (χ4n) is 2.38. The fraction of sp³-hybridized carbons (Fsp3) is 0.267. The van der Waals surface area contributed by atoms with E-state index in [9.17, 15) is 22.4 Å². The van der Waals surface area contributed by atoms with Gasteiger partial charge in [-0.25, -0.2) is 9.18 Å². The van der Waals surface area contributed by atoms with Gasteiger partial charge in [0.05, 0.1) is 16.3 Å². The molecule has 6 nitrogen and oxygen atoms in total. The van der Waals surface area contributed by atoms with Crippen molar-refractivity contribution in [2.24, 2.45) is 0 Å². The molecule has 2 heterocycles. The van der Waals surface area contributed by atoms with Crippen LogP contribution in [0.3, 0.4) is 0 Å². The van der Waals surface area contributed by atoms with Crippen LogP contribution in [0.15, 0.2) is 23.0 Å². The molecule has 26 heavy (non-hydrogen) atoms. The van der Waals surface area contributed by atoms with Gasteiger partial charge in [0.15, 0.2) is 12.3 Å². The van der Waals surface area contributed by atoms with Crippen molar-refractivity contribution >= 4 is 17.2 Å². The van der Waals surface area contributed by atoms with E-state index in [-0.39, 0.29) is 10.7 Å². The number of aromatic amines is 1. The summed E-state index contributed by atoms with van der Waals surface area (Å²) in [7, 11) is 0. The first kappa shape index (κ1) is 18.2. The predicted octanol–water partition coefficient (Wildman–Crippen LogP) is 3.38. The summed E-state index contributed by atoms with van der Waals surface area (Å²) in [5.74, 6) is -0.691. The van der Waals surface area contributed by atoms with E-state index in [1.54, 1.807) is 6.92 Å². The normalized spacial score (nSPS) is 11.9. The van der Waals surface area contributed by atoms with E-state index in [1.165, 1.54) is 12.1 Å². The number of hydrogen-bond acceptors (Lipinski definition) is 4. The number of nitrogens with zero attached hydrogens (tertiary/aromatic N) is 3. The van der Waals surface area contributed by atoms with E-state index in [0.29, 0.717) is 23.2 Å². The highest BCUT2D eigenvalue weighted by atomic mass is 35.5. The van der Waals surface area contributed by atoms with Gasteiger partial charge in [0, 0.05) is 0 Å². The molecule has 3 rings (SSSR count). The summed E-state index contributed by atoms with van der Waals surface area (Å²) in [6.07, 6.45) is -4.22. The first-order chi connectivity index (χ1) is 12.2. The Morgan fingerprint density at radius 3 is 2.69 bits per heavy atom. The lowest BCUT2D eigenvalue weighted by atomic mass is 10.0. The Hall–Kier alpha value is -2.62. The summed E-state index contributed by atoms with van der Waals surface area (Å²) in [6.45, 7) is 0.137. The third-order valence-corrected chi connectivity index (χ3v) is 3.77. The van der Waals surface area contributed by atoms with Gasteiger partial charge < -0.3 is 4.74 Å². The molecule has 0 saturated carbocycles. The Kier molecular flexibility index (Phi) is 4.61. The van der Waals surface area contributed by atoms with Crippen molar-refractivity contribution in [3.8, 4) is 17.1 Å². The maximum atomic E-state index is 13.8. The molecule has 0 spiro atoms. The minimum atomic E-state index is -4.60. The molecule has 1 aromatic carbocycles. The molecule has 0 unspecified atom stereocenters. The molecule has 0 radical (unpaired) electrons. The third-order valence-electron chi connectivity index (χ3n) is 3.46. The maximum absolute atomic E-state index is 13.8. The molecule has 1 N–H and O–H groups in total. The van der Waals surface area contributed by atoms with Gasteiger partial charge in [-0.15, -0.1) is 0 Å². The highest BCUT2D eigenvalue weighted by molar-refractivity contribution is 6.30. The Bertz CT molecular complexity index is 1030. The molecule has 0 aliphatic rings. The van der Waals surface area contributed by atoms with Crippen molar-refractivity contribution in [3.05, 3.63) is 45.2 Å². The van der Waals surface area contributed by atoms with Crippen molar-refractivity contribution < 1.29 is 22.3 Å². The first-order valence-corrected chi connectivity index (χ1v) is 7.74. The van der Waals surface area contributed by atoms with Gasteiger partial charge in [-0.2, -0.15) is 27.8 Å². The number of fused-ring (bicyclic) bond motifs is 1. The Labute approximate surface area is 148 Å². The summed E-state index contributed by atoms with van der Waals surface area (Å²) >= 11 is 5.68. The maximum Gasteiger partial charge on any atom is 0.422 e. The standard InChI is InChI=1S/C15H11ClF4N4O2/c1-2-10-11(7-3-4-8(16)9(17)5-7)12-21-13(26-6-15(18,19)20)22-14(25)24(12)23-10/h3-5H,2,6H2,1H3,(H,21,22,25). The average Bonchev–Trinajstić information content (AvgIpc) is 2.94. The zero-order valence-corrected chi connectivity index (χ0v) is 14.0. The van der Waals surface area contributed by atoms with Gasteiger partial charge in [0.25, 0.3) is 6.01 Å². The van der Waals surface area contributed by atoms with Crippen LogP contribution >= 0.6 is 11.6 Å². The molecule has 0 saturated heterocycles. The molecule has 0 fully saturated rings. The van der Waals surface area contributed by atoms with Crippen LogP contribution in [0.5, 0.6) is 6.01 Å². The largest absolute Gasteiger partial charge is 0.455 e. The minimum Gasteiger partial charge on any atom is -0.455 e. The van der Waals surface area contributed by atoms with Crippen LogP contribution in [-0.4, -0.2) is 32.4 Å². The fourth-order valence-corrected chi connectivity index (χ4v) is 2.50. The van der Waals surface area contributed by atoms with Gasteiger partial charge in [-0.05, 0) is 24.1 Å². The number of halogens is 5. The smallest absolute Gasteiger partial charge is 0.422 e. The minimum absolute atomic E-state index is 0.0514. The van der Waals surface area contributed by atoms with Gasteiger partial charge in [-0.1, -0.05) is 24.6 Å². The van der Waals surface area contributed by atoms with Crippen molar-refractivity contribution in [2.75, 3.05) is 6.61 Å². The number of ether oxygens (including phenoxy) is 1. The monoisotopic (exact) mass is 390 g/mol. The predicted molar refractivity (Wildman–Crippen MR) is 84.9 cm³/mol. The molecule has 0 bridgehead atoms. The molecule has 138 valence electrons. The summed E-state index contributed by atoms with van der Waals surface area (Å²) in [6, 6.07) is 3.35. The Morgan fingerprint density at radius 1 is 1.35 bits per heavy atom. The number of hydrogen-bond donors (Lipinski definition) is 1. The Balaban J connectivity index is 2.18. The quantitative estimate of drug-likeness (QED) is 0.693. The van der Waals surface area contributed by atoms with Crippen LogP contribution in [0.2, 0.25) is 5.02 Å². The molecule has 3 aromatic rings. The van der Waals surface area contributed by atoms with E-state index in [1.807, 2.05) is 0 Å². The molecule has 0 aliphatic heterocycles. The van der Waals surface area contributed by atoms with E-state index >= 15 is 0 Å². The number of aryl methyl sites for hydroxylation is 1. The number of H-pyrrole nitrogens is 1. The van der Waals surface area contributed by atoms with Crippen LogP contribution in [0.4, 0.5) is 17.6 Å². The van der Waals surface area contributed by atoms with E-state index in [2.05, 4.69) is 19.8 Å². The molecule has 2 aromatic heterocycles. The van der Waals surface area contributed by atoms with E-state index in [0.717, 1.165) is 10.6 Å². The molecular formula is C15H11ClF4N4O2. The van der Waals surface area contributed by atoms with Crippen LogP contribution in [0.1, 0.15) is 12.6 Å². The highest BCUT2D eigenvalue weighted by Crippen LogP contribution is 2.30. The van der Waals surface area contributed by atoms with Crippen LogP contribution in [0.25, 0.3) is 16.8 Å². The second kappa shape index (κ2) is 6.60. The Morgan fingerprint density at radius 2 is 2.08 bits per heavy atom. The lowest BCUT2D eigenvalue weighted by Gasteiger charge is -2.08. The second-order valence-electron chi connectivity index (χ2n) is 5.29. The summed E-state index contributed by atoms with van der Waals surface area (Å²) in [4.78, 5) is 18.1. The van der Waals surface area contributed by atoms with Crippen LogP contribution < -0.4 is 10.4 Å². The first-order valence-electron chi connectivity index (χ1n) is 7.36. The molecule has 0 amide bonds. The highest BCUT2D eigenvalue weighted by Gasteiger charge is 2.29. The average molecular weight is 391 g/mol. The van der Waals surface area contributed by atoms with Crippen LogP contribution in [0, 0.1) is 5.82 Å². The van der Waals surface area contributed by atoms with Crippen molar-refractivity contribution in [1.29, 1.82) is 0 Å². The van der Waals surface area contributed by atoms with Gasteiger partial charge >= 0.3 is 11.9 Å². The lowest BCUT2D eigenvalue weighted by Crippen LogP contribution is -2.24. The summed E-state index contributed by atoms with van der Waals surface area (Å²) < 4.78 is 56.2. The van der Waals surface area contributed by atoms with Crippen molar-refractivity contribution in [1.82, 2.24) is 19.6 Å². The summed E-state index contributed by atoms with van der Waals surface area (Å²) in [5.41, 5.74) is 0.175. The SMILES string of the molecule is CCc1nn2c(=O)[nH]c(OCC(F)(F)F)nc2c1-c1ccc(Cl)c(F)c1. The lowest BCUT2D eigenvalue weighted by molar-refractivity contribution is -0.154. The number of rotatable bonds is 4. The van der Waals surface area contributed by atoms with Gasteiger partial charge in [0.1, 0.15) is 5.82 Å². The van der Waals surface area contributed by atoms with E-state index < -0.39 is 30.3 Å². The number of benzene rings is 1.